The van der Waals surface area contributed by atoms with Crippen molar-refractivity contribution in [3.8, 4) is 0 Å². The molecule has 0 amide bonds. The molecule has 1 aromatic heterocycles. The van der Waals surface area contributed by atoms with E-state index in [0.717, 1.165) is 30.8 Å². The van der Waals surface area contributed by atoms with Gasteiger partial charge in [-0.2, -0.15) is 5.10 Å². The molecule has 1 atom stereocenters. The number of aryl methyl sites for hydroxylation is 3. The molecule has 0 aliphatic heterocycles. The zero-order valence-electron chi connectivity index (χ0n) is 12.2. The lowest BCUT2D eigenvalue weighted by atomic mass is 10.1. The molecular formula is C16H23N3O. The SMILES string of the molecule is Cc1cc(C)n(CCCNC[C@@H](O)c2ccccc2)n1. The van der Waals surface area contributed by atoms with Crippen LogP contribution in [0.4, 0.5) is 0 Å². The van der Waals surface area contributed by atoms with Crippen LogP contribution in [0.3, 0.4) is 0 Å². The average molecular weight is 273 g/mol. The lowest BCUT2D eigenvalue weighted by molar-refractivity contribution is 0.174. The summed E-state index contributed by atoms with van der Waals surface area (Å²) < 4.78 is 2.03. The summed E-state index contributed by atoms with van der Waals surface area (Å²) in [5.41, 5.74) is 3.22. The van der Waals surface area contributed by atoms with Gasteiger partial charge in [0.1, 0.15) is 0 Å². The molecule has 0 fully saturated rings. The van der Waals surface area contributed by atoms with E-state index in [1.54, 1.807) is 0 Å². The van der Waals surface area contributed by atoms with Gasteiger partial charge in [0.15, 0.2) is 0 Å². The first-order valence-electron chi connectivity index (χ1n) is 7.11. The molecule has 0 bridgehead atoms. The molecule has 2 rings (SSSR count). The van der Waals surface area contributed by atoms with Crippen LogP contribution in [0.2, 0.25) is 0 Å². The molecule has 0 aliphatic carbocycles. The molecule has 1 heterocycles. The Morgan fingerprint density at radius 2 is 2.00 bits per heavy atom. The highest BCUT2D eigenvalue weighted by molar-refractivity contribution is 5.17. The predicted molar refractivity (Wildman–Crippen MR) is 80.6 cm³/mol. The highest BCUT2D eigenvalue weighted by Crippen LogP contribution is 2.10. The second kappa shape index (κ2) is 7.22. The maximum absolute atomic E-state index is 10.0. The van der Waals surface area contributed by atoms with Gasteiger partial charge in [-0.3, -0.25) is 4.68 Å². The van der Waals surface area contributed by atoms with Crippen molar-refractivity contribution in [2.75, 3.05) is 13.1 Å². The van der Waals surface area contributed by atoms with Crippen molar-refractivity contribution in [2.24, 2.45) is 0 Å². The molecule has 0 saturated carbocycles. The third kappa shape index (κ3) is 4.18. The first kappa shape index (κ1) is 14.8. The van der Waals surface area contributed by atoms with Gasteiger partial charge in [0.2, 0.25) is 0 Å². The molecule has 0 saturated heterocycles. The molecule has 0 unspecified atom stereocenters. The van der Waals surface area contributed by atoms with Crippen molar-refractivity contribution < 1.29 is 5.11 Å². The van der Waals surface area contributed by atoms with E-state index in [0.29, 0.717) is 6.54 Å². The Labute approximate surface area is 120 Å². The number of hydrogen-bond acceptors (Lipinski definition) is 3. The Morgan fingerprint density at radius 1 is 1.25 bits per heavy atom. The summed E-state index contributed by atoms with van der Waals surface area (Å²) in [6.07, 6.45) is 0.564. The lowest BCUT2D eigenvalue weighted by Gasteiger charge is -2.12. The predicted octanol–water partition coefficient (Wildman–Crippen LogP) is 2.21. The van der Waals surface area contributed by atoms with Crippen molar-refractivity contribution in [1.29, 1.82) is 0 Å². The molecule has 2 aromatic rings. The van der Waals surface area contributed by atoms with Gasteiger partial charge >= 0.3 is 0 Å². The van der Waals surface area contributed by atoms with Crippen molar-refractivity contribution in [3.63, 3.8) is 0 Å². The van der Waals surface area contributed by atoms with Crippen LogP contribution in [0.15, 0.2) is 36.4 Å². The summed E-state index contributed by atoms with van der Waals surface area (Å²) in [4.78, 5) is 0. The fourth-order valence-electron chi connectivity index (χ4n) is 2.29. The molecule has 4 nitrogen and oxygen atoms in total. The Kier molecular flexibility index (Phi) is 5.32. The second-order valence-corrected chi connectivity index (χ2v) is 5.13. The summed E-state index contributed by atoms with van der Waals surface area (Å²) >= 11 is 0. The maximum Gasteiger partial charge on any atom is 0.0914 e. The first-order chi connectivity index (χ1) is 9.66. The van der Waals surface area contributed by atoms with Crippen LogP contribution in [0.1, 0.15) is 29.5 Å². The topological polar surface area (TPSA) is 50.1 Å². The van der Waals surface area contributed by atoms with Crippen LogP contribution >= 0.6 is 0 Å². The number of nitrogens with zero attached hydrogens (tertiary/aromatic N) is 2. The van der Waals surface area contributed by atoms with Gasteiger partial charge in [-0.05, 0) is 38.4 Å². The van der Waals surface area contributed by atoms with Crippen LogP contribution in [-0.4, -0.2) is 28.0 Å². The summed E-state index contributed by atoms with van der Waals surface area (Å²) in [7, 11) is 0. The number of nitrogens with one attached hydrogen (secondary N) is 1. The number of aliphatic hydroxyl groups excluding tert-OH is 1. The van der Waals surface area contributed by atoms with E-state index in [9.17, 15) is 5.11 Å². The largest absolute Gasteiger partial charge is 0.387 e. The van der Waals surface area contributed by atoms with Crippen LogP contribution in [0.5, 0.6) is 0 Å². The Balaban J connectivity index is 1.66. The van der Waals surface area contributed by atoms with Crippen LogP contribution < -0.4 is 5.32 Å². The summed E-state index contributed by atoms with van der Waals surface area (Å²) in [5.74, 6) is 0. The molecule has 0 aliphatic rings. The number of benzene rings is 1. The van der Waals surface area contributed by atoms with E-state index in [2.05, 4.69) is 23.4 Å². The van der Waals surface area contributed by atoms with Gasteiger partial charge in [0.25, 0.3) is 0 Å². The zero-order valence-corrected chi connectivity index (χ0v) is 12.2. The normalized spacial score (nSPS) is 12.6. The summed E-state index contributed by atoms with van der Waals surface area (Å²) in [5, 5.41) is 17.7. The molecule has 108 valence electrons. The van der Waals surface area contributed by atoms with Crippen molar-refractivity contribution >= 4 is 0 Å². The third-order valence-electron chi connectivity index (χ3n) is 3.35. The Bertz CT molecular complexity index is 522. The number of aromatic nitrogens is 2. The highest BCUT2D eigenvalue weighted by Gasteiger charge is 2.05. The Hall–Kier alpha value is -1.65. The van der Waals surface area contributed by atoms with Crippen molar-refractivity contribution in [3.05, 3.63) is 53.3 Å². The molecule has 1 aromatic carbocycles. The zero-order chi connectivity index (χ0) is 14.4. The van der Waals surface area contributed by atoms with Crippen molar-refractivity contribution in [2.45, 2.75) is 32.9 Å². The van der Waals surface area contributed by atoms with Gasteiger partial charge in [-0.25, -0.2) is 0 Å². The first-order valence-corrected chi connectivity index (χ1v) is 7.11. The van der Waals surface area contributed by atoms with E-state index in [4.69, 9.17) is 0 Å². The molecule has 2 N–H and O–H groups in total. The van der Waals surface area contributed by atoms with Crippen LogP contribution in [-0.2, 0) is 6.54 Å². The van der Waals surface area contributed by atoms with Crippen LogP contribution in [0.25, 0.3) is 0 Å². The maximum atomic E-state index is 10.0. The third-order valence-corrected chi connectivity index (χ3v) is 3.35. The summed E-state index contributed by atoms with van der Waals surface area (Å²) in [6, 6.07) is 11.8. The fraction of sp³-hybridized carbons (Fsp3) is 0.438. The van der Waals surface area contributed by atoms with E-state index in [1.807, 2.05) is 41.9 Å². The fourth-order valence-corrected chi connectivity index (χ4v) is 2.29. The van der Waals surface area contributed by atoms with Crippen molar-refractivity contribution in [1.82, 2.24) is 15.1 Å². The van der Waals surface area contributed by atoms with Crippen LogP contribution in [0, 0.1) is 13.8 Å². The van der Waals surface area contributed by atoms with E-state index in [-0.39, 0.29) is 0 Å². The van der Waals surface area contributed by atoms with Gasteiger partial charge in [-0.15, -0.1) is 0 Å². The standard InChI is InChI=1S/C16H23N3O/c1-13-11-14(2)19(18-13)10-6-9-17-12-16(20)15-7-4-3-5-8-15/h3-5,7-8,11,16-17,20H,6,9-10,12H2,1-2H3/t16-/m1/s1. The number of aliphatic hydroxyl groups is 1. The molecule has 0 radical (unpaired) electrons. The minimum atomic E-state index is -0.440. The quantitative estimate of drug-likeness (QED) is 0.761. The number of rotatable bonds is 7. The van der Waals surface area contributed by atoms with E-state index < -0.39 is 6.10 Å². The smallest absolute Gasteiger partial charge is 0.0914 e. The molecule has 20 heavy (non-hydrogen) atoms. The minimum absolute atomic E-state index is 0.440. The number of hydrogen-bond donors (Lipinski definition) is 2. The lowest BCUT2D eigenvalue weighted by Crippen LogP contribution is -2.23. The molecule has 4 heteroatoms. The van der Waals surface area contributed by atoms with Gasteiger partial charge in [0, 0.05) is 18.8 Å². The van der Waals surface area contributed by atoms with Gasteiger partial charge in [0.05, 0.1) is 11.8 Å². The molecule has 0 spiro atoms. The highest BCUT2D eigenvalue weighted by atomic mass is 16.3. The molecular weight excluding hydrogens is 250 g/mol. The average Bonchev–Trinajstić information content (AvgIpc) is 2.77. The monoisotopic (exact) mass is 273 g/mol. The van der Waals surface area contributed by atoms with E-state index in [1.165, 1.54) is 5.69 Å². The summed E-state index contributed by atoms with van der Waals surface area (Å²) in [6.45, 7) is 6.46. The van der Waals surface area contributed by atoms with Gasteiger partial charge in [-0.1, -0.05) is 30.3 Å². The minimum Gasteiger partial charge on any atom is -0.387 e. The Morgan fingerprint density at radius 3 is 2.65 bits per heavy atom. The second-order valence-electron chi connectivity index (χ2n) is 5.13. The van der Waals surface area contributed by atoms with Gasteiger partial charge < -0.3 is 10.4 Å². The van der Waals surface area contributed by atoms with E-state index >= 15 is 0 Å².